The van der Waals surface area contributed by atoms with Crippen molar-refractivity contribution in [2.24, 2.45) is 0 Å². The molecule has 0 bridgehead atoms. The Hall–Kier alpha value is -1.14. The quantitative estimate of drug-likeness (QED) is 0.649. The molecule has 0 aliphatic carbocycles. The van der Waals surface area contributed by atoms with Gasteiger partial charge >= 0.3 is 5.97 Å². The van der Waals surface area contributed by atoms with Gasteiger partial charge in [0.15, 0.2) is 6.10 Å². The normalized spacial score (nSPS) is 32.3. The molecule has 102 valence electrons. The maximum Gasteiger partial charge on any atom is 0.336 e. The Morgan fingerprint density at radius 3 is 2.78 bits per heavy atom. The van der Waals surface area contributed by atoms with Gasteiger partial charge in [-0.1, -0.05) is 0 Å². The fraction of sp³-hybridized carbons (Fsp3) is 0.833. The summed E-state index contributed by atoms with van der Waals surface area (Å²) < 4.78 is 15.5. The summed E-state index contributed by atoms with van der Waals surface area (Å²) in [7, 11) is 1.31. The maximum absolute atomic E-state index is 12.4. The van der Waals surface area contributed by atoms with Crippen LogP contribution in [0.5, 0.6) is 0 Å². The highest BCUT2D eigenvalue weighted by Crippen LogP contribution is 2.28. The number of amides is 1. The summed E-state index contributed by atoms with van der Waals surface area (Å²) in [6.07, 6.45) is 0.941. The summed E-state index contributed by atoms with van der Waals surface area (Å²) in [6.45, 7) is 3.51. The average molecular weight is 257 g/mol. The average Bonchev–Trinajstić information content (AvgIpc) is 2.85. The highest BCUT2D eigenvalue weighted by molar-refractivity contribution is 5.86. The van der Waals surface area contributed by atoms with Crippen LogP contribution >= 0.6 is 0 Å². The highest BCUT2D eigenvalue weighted by atomic mass is 16.6. The Labute approximate surface area is 106 Å². The molecule has 2 rings (SSSR count). The molecule has 6 heteroatoms. The van der Waals surface area contributed by atoms with E-state index in [2.05, 4.69) is 4.74 Å². The molecular weight excluding hydrogens is 238 g/mol. The standard InChI is InChI=1S/C12H19NO5/c1-12(4-3-6-18-12)11(15)13-5-7-17-9(8-13)10(14)16-2/h9H,3-8H2,1-2H3. The molecule has 0 spiro atoms. The molecule has 2 fully saturated rings. The predicted molar refractivity (Wildman–Crippen MR) is 61.9 cm³/mol. The third kappa shape index (κ3) is 2.49. The molecule has 0 N–H and O–H groups in total. The molecule has 0 aromatic heterocycles. The second-order valence-corrected chi connectivity index (χ2v) is 4.82. The largest absolute Gasteiger partial charge is 0.467 e. The minimum atomic E-state index is -0.738. The molecule has 2 heterocycles. The molecule has 1 amide bonds. The van der Waals surface area contributed by atoms with Crippen molar-refractivity contribution >= 4 is 11.9 Å². The van der Waals surface area contributed by atoms with E-state index in [4.69, 9.17) is 9.47 Å². The van der Waals surface area contributed by atoms with Crippen LogP contribution in [0.4, 0.5) is 0 Å². The van der Waals surface area contributed by atoms with Crippen molar-refractivity contribution in [2.45, 2.75) is 31.5 Å². The predicted octanol–water partition coefficient (Wildman–Crippen LogP) is -0.0441. The fourth-order valence-electron chi connectivity index (χ4n) is 2.39. The van der Waals surface area contributed by atoms with E-state index in [1.54, 1.807) is 4.90 Å². The molecule has 2 aliphatic heterocycles. The molecule has 0 saturated carbocycles. The number of methoxy groups -OCH3 is 1. The first-order valence-electron chi connectivity index (χ1n) is 6.19. The number of ether oxygens (including phenoxy) is 3. The molecule has 2 atom stereocenters. The van der Waals surface area contributed by atoms with Crippen molar-refractivity contribution in [3.05, 3.63) is 0 Å². The van der Waals surface area contributed by atoms with E-state index in [1.165, 1.54) is 7.11 Å². The van der Waals surface area contributed by atoms with Crippen LogP contribution in [-0.2, 0) is 23.8 Å². The minimum absolute atomic E-state index is 0.0581. The molecule has 2 unspecified atom stereocenters. The number of hydrogen-bond acceptors (Lipinski definition) is 5. The Balaban J connectivity index is 2.00. The van der Waals surface area contributed by atoms with Gasteiger partial charge in [0.2, 0.25) is 0 Å². The van der Waals surface area contributed by atoms with E-state index in [1.807, 2.05) is 6.92 Å². The highest BCUT2D eigenvalue weighted by Gasteiger charge is 2.42. The summed E-state index contributed by atoms with van der Waals surface area (Å²) in [4.78, 5) is 25.4. The van der Waals surface area contributed by atoms with Crippen molar-refractivity contribution < 1.29 is 23.8 Å². The maximum atomic E-state index is 12.4. The Kier molecular flexibility index (Phi) is 3.87. The van der Waals surface area contributed by atoms with Crippen LogP contribution in [0.1, 0.15) is 19.8 Å². The summed E-state index contributed by atoms with van der Waals surface area (Å²) in [5, 5.41) is 0. The number of carbonyl (C=O) groups is 2. The summed E-state index contributed by atoms with van der Waals surface area (Å²) in [5.74, 6) is -0.498. The zero-order valence-electron chi connectivity index (χ0n) is 10.8. The molecular formula is C12H19NO5. The second-order valence-electron chi connectivity index (χ2n) is 4.82. The summed E-state index contributed by atoms with van der Waals surface area (Å²) in [6, 6.07) is 0. The van der Waals surface area contributed by atoms with Crippen LogP contribution in [-0.4, -0.2) is 61.9 Å². The number of hydrogen-bond donors (Lipinski definition) is 0. The van der Waals surface area contributed by atoms with Gasteiger partial charge in [-0.25, -0.2) is 4.79 Å². The monoisotopic (exact) mass is 257 g/mol. The Morgan fingerprint density at radius 1 is 1.39 bits per heavy atom. The Bertz CT molecular complexity index is 337. The van der Waals surface area contributed by atoms with Gasteiger partial charge in [0.1, 0.15) is 5.60 Å². The molecule has 0 aromatic rings. The number of morpholine rings is 1. The van der Waals surface area contributed by atoms with Gasteiger partial charge in [-0.3, -0.25) is 4.79 Å². The van der Waals surface area contributed by atoms with Gasteiger partial charge in [0.25, 0.3) is 5.91 Å². The number of rotatable bonds is 2. The molecule has 18 heavy (non-hydrogen) atoms. The number of carbonyl (C=O) groups excluding carboxylic acids is 2. The molecule has 2 aliphatic rings. The summed E-state index contributed by atoms with van der Waals surface area (Å²) in [5.41, 5.74) is -0.738. The fourth-order valence-corrected chi connectivity index (χ4v) is 2.39. The number of esters is 1. The summed E-state index contributed by atoms with van der Waals surface area (Å²) >= 11 is 0. The number of nitrogens with zero attached hydrogens (tertiary/aromatic N) is 1. The Morgan fingerprint density at radius 2 is 2.17 bits per heavy atom. The SMILES string of the molecule is COC(=O)C1CN(C(=O)C2(C)CCCO2)CCO1. The van der Waals surface area contributed by atoms with Crippen molar-refractivity contribution in [3.8, 4) is 0 Å². The van der Waals surface area contributed by atoms with Crippen molar-refractivity contribution in [1.82, 2.24) is 4.90 Å². The van der Waals surface area contributed by atoms with E-state index < -0.39 is 17.7 Å². The van der Waals surface area contributed by atoms with E-state index >= 15 is 0 Å². The van der Waals surface area contributed by atoms with Crippen LogP contribution < -0.4 is 0 Å². The van der Waals surface area contributed by atoms with E-state index in [9.17, 15) is 9.59 Å². The zero-order valence-corrected chi connectivity index (χ0v) is 10.8. The van der Waals surface area contributed by atoms with E-state index in [0.29, 0.717) is 19.8 Å². The van der Waals surface area contributed by atoms with Gasteiger partial charge in [-0.2, -0.15) is 0 Å². The van der Waals surface area contributed by atoms with Gasteiger partial charge < -0.3 is 19.1 Å². The first-order valence-corrected chi connectivity index (χ1v) is 6.19. The molecule has 6 nitrogen and oxygen atoms in total. The van der Waals surface area contributed by atoms with Crippen molar-refractivity contribution in [1.29, 1.82) is 0 Å². The van der Waals surface area contributed by atoms with Crippen LogP contribution in [0.15, 0.2) is 0 Å². The minimum Gasteiger partial charge on any atom is -0.467 e. The third-order valence-corrected chi connectivity index (χ3v) is 3.49. The lowest BCUT2D eigenvalue weighted by Crippen LogP contribution is -2.54. The topological polar surface area (TPSA) is 65.1 Å². The lowest BCUT2D eigenvalue weighted by molar-refractivity contribution is -0.168. The van der Waals surface area contributed by atoms with E-state index in [0.717, 1.165) is 12.8 Å². The smallest absolute Gasteiger partial charge is 0.336 e. The lowest BCUT2D eigenvalue weighted by Gasteiger charge is -2.36. The van der Waals surface area contributed by atoms with Gasteiger partial charge in [0.05, 0.1) is 20.3 Å². The lowest BCUT2D eigenvalue weighted by atomic mass is 10.0. The molecule has 0 radical (unpaired) electrons. The first kappa shape index (κ1) is 13.3. The van der Waals surface area contributed by atoms with Crippen LogP contribution in [0.2, 0.25) is 0 Å². The van der Waals surface area contributed by atoms with Crippen molar-refractivity contribution in [3.63, 3.8) is 0 Å². The van der Waals surface area contributed by atoms with Crippen molar-refractivity contribution in [2.75, 3.05) is 33.4 Å². The van der Waals surface area contributed by atoms with Gasteiger partial charge in [-0.15, -0.1) is 0 Å². The van der Waals surface area contributed by atoms with Crippen LogP contribution in [0.25, 0.3) is 0 Å². The van der Waals surface area contributed by atoms with Crippen LogP contribution in [0.3, 0.4) is 0 Å². The van der Waals surface area contributed by atoms with Crippen LogP contribution in [0, 0.1) is 0 Å². The first-order chi connectivity index (χ1) is 8.57. The third-order valence-electron chi connectivity index (χ3n) is 3.49. The second kappa shape index (κ2) is 5.24. The molecule has 0 aromatic carbocycles. The van der Waals surface area contributed by atoms with Gasteiger partial charge in [-0.05, 0) is 19.8 Å². The zero-order chi connectivity index (χ0) is 13.2. The van der Waals surface area contributed by atoms with E-state index in [-0.39, 0.29) is 12.5 Å². The molecule has 2 saturated heterocycles. The van der Waals surface area contributed by atoms with Gasteiger partial charge in [0, 0.05) is 13.2 Å².